The third kappa shape index (κ3) is 3.48. The zero-order valence-electron chi connectivity index (χ0n) is 12.8. The Hall–Kier alpha value is -2.06. The Morgan fingerprint density at radius 2 is 2.17 bits per heavy atom. The van der Waals surface area contributed by atoms with Crippen molar-refractivity contribution in [2.45, 2.75) is 30.3 Å². The van der Waals surface area contributed by atoms with Gasteiger partial charge in [-0.3, -0.25) is 13.9 Å². The maximum Gasteiger partial charge on any atom is 0.290 e. The van der Waals surface area contributed by atoms with E-state index in [1.54, 1.807) is 6.26 Å². The second-order valence-corrected chi connectivity index (χ2v) is 6.93. The van der Waals surface area contributed by atoms with Crippen molar-refractivity contribution in [2.24, 2.45) is 5.73 Å². The monoisotopic (exact) mass is 334 g/mol. The number of carbonyl (C=O) groups excluding carboxylic acids is 1. The van der Waals surface area contributed by atoms with Crippen LogP contribution in [-0.4, -0.2) is 38.0 Å². The van der Waals surface area contributed by atoms with Crippen LogP contribution in [0.25, 0.3) is 0 Å². The van der Waals surface area contributed by atoms with Crippen LogP contribution in [0.3, 0.4) is 0 Å². The highest BCUT2D eigenvalue weighted by molar-refractivity contribution is 7.84. The minimum atomic E-state index is -0.970. The molecule has 2 atom stereocenters. The molecule has 1 fully saturated rings. The van der Waals surface area contributed by atoms with Crippen LogP contribution in [0, 0.1) is 0 Å². The normalized spacial score (nSPS) is 19.8. The molecule has 23 heavy (non-hydrogen) atoms. The van der Waals surface area contributed by atoms with Gasteiger partial charge in [0.25, 0.3) is 11.7 Å². The smallest absolute Gasteiger partial charge is 0.290 e. The molecule has 0 bridgehead atoms. The number of benzene rings is 1. The highest BCUT2D eigenvalue weighted by atomic mass is 32.2. The van der Waals surface area contributed by atoms with Crippen molar-refractivity contribution in [3.63, 3.8) is 0 Å². The Kier molecular flexibility index (Phi) is 4.53. The number of amides is 1. The summed E-state index contributed by atoms with van der Waals surface area (Å²) in [5, 5.41) is 3.61. The van der Waals surface area contributed by atoms with Gasteiger partial charge in [-0.15, -0.1) is 0 Å². The number of rotatable bonds is 5. The first-order valence-corrected chi connectivity index (χ1v) is 8.90. The number of hydrogen-bond donors (Lipinski definition) is 1. The number of nitrogens with two attached hydrogens (primary N) is 1. The zero-order chi connectivity index (χ0) is 16.4. The number of hydrogen-bond acceptors (Lipinski definition) is 6. The van der Waals surface area contributed by atoms with Gasteiger partial charge in [0.1, 0.15) is 0 Å². The molecular formula is C15H18N4O3S. The van der Waals surface area contributed by atoms with Crippen molar-refractivity contribution in [1.82, 2.24) is 15.0 Å². The van der Waals surface area contributed by atoms with E-state index >= 15 is 0 Å². The Morgan fingerprint density at radius 3 is 2.78 bits per heavy atom. The molecule has 0 radical (unpaired) electrons. The standard InChI is InChI=1S/C15H18N4O3S/c1-23(21)11-6-4-10(5-7-11)9-19-8-2-3-12(19)15-17-14(13(16)20)18-22-15/h4-7,12H,2-3,8-9H2,1H3,(H2,16,20)/t12-,23-/m1/s1. The number of aromatic nitrogens is 2. The number of likely N-dealkylation sites (tertiary alicyclic amines) is 1. The first kappa shape index (κ1) is 15.8. The van der Waals surface area contributed by atoms with Crippen molar-refractivity contribution in [3.8, 4) is 0 Å². The van der Waals surface area contributed by atoms with Gasteiger partial charge in [0.2, 0.25) is 5.89 Å². The maximum atomic E-state index is 11.4. The van der Waals surface area contributed by atoms with Gasteiger partial charge in [-0.25, -0.2) is 0 Å². The molecule has 0 unspecified atom stereocenters. The molecule has 0 spiro atoms. The number of carbonyl (C=O) groups is 1. The molecule has 1 aliphatic rings. The zero-order valence-corrected chi connectivity index (χ0v) is 13.6. The van der Waals surface area contributed by atoms with Gasteiger partial charge in [-0.05, 0) is 37.1 Å². The van der Waals surface area contributed by atoms with Gasteiger partial charge in [0.05, 0.1) is 6.04 Å². The summed E-state index contributed by atoms with van der Waals surface area (Å²) in [7, 11) is -0.970. The van der Waals surface area contributed by atoms with Crippen molar-refractivity contribution in [1.29, 1.82) is 0 Å². The molecule has 7 nitrogen and oxygen atoms in total. The Bertz CT molecular complexity index is 729. The fraction of sp³-hybridized carbons (Fsp3) is 0.400. The summed E-state index contributed by atoms with van der Waals surface area (Å²) in [6.07, 6.45) is 3.59. The number of primary amides is 1. The van der Waals surface area contributed by atoms with Crippen molar-refractivity contribution >= 4 is 16.7 Å². The second-order valence-electron chi connectivity index (χ2n) is 5.55. The molecular weight excluding hydrogens is 316 g/mol. The molecule has 122 valence electrons. The van der Waals surface area contributed by atoms with Gasteiger partial charge in [-0.1, -0.05) is 17.3 Å². The average molecular weight is 334 g/mol. The summed E-state index contributed by atoms with van der Waals surface area (Å²) in [5.74, 6) is -0.336. The van der Waals surface area contributed by atoms with Crippen LogP contribution in [0.4, 0.5) is 0 Å². The topological polar surface area (TPSA) is 102 Å². The Labute approximate surface area is 136 Å². The third-order valence-corrected chi connectivity index (χ3v) is 4.89. The molecule has 2 aromatic rings. The summed E-state index contributed by atoms with van der Waals surface area (Å²) >= 11 is 0. The summed E-state index contributed by atoms with van der Waals surface area (Å²) in [4.78, 5) is 18.2. The summed E-state index contributed by atoms with van der Waals surface area (Å²) in [5.41, 5.74) is 6.29. The first-order chi connectivity index (χ1) is 11.0. The lowest BCUT2D eigenvalue weighted by Gasteiger charge is -2.21. The molecule has 1 aromatic carbocycles. The highest BCUT2D eigenvalue weighted by Gasteiger charge is 2.31. The molecule has 1 amide bonds. The lowest BCUT2D eigenvalue weighted by Crippen LogP contribution is -2.23. The lowest BCUT2D eigenvalue weighted by atomic mass is 10.2. The Morgan fingerprint density at radius 1 is 1.43 bits per heavy atom. The molecule has 2 N–H and O–H groups in total. The quantitative estimate of drug-likeness (QED) is 0.882. The molecule has 1 aromatic heterocycles. The molecule has 8 heteroatoms. The predicted octanol–water partition coefficient (Wildman–Crippen LogP) is 1.24. The van der Waals surface area contributed by atoms with E-state index in [1.807, 2.05) is 24.3 Å². The van der Waals surface area contributed by atoms with E-state index < -0.39 is 16.7 Å². The average Bonchev–Trinajstić information content (AvgIpc) is 3.16. The van der Waals surface area contributed by atoms with Crippen molar-refractivity contribution in [3.05, 3.63) is 41.5 Å². The molecule has 0 saturated carbocycles. The van der Waals surface area contributed by atoms with E-state index in [1.165, 1.54) is 0 Å². The minimum absolute atomic E-state index is 0.00409. The van der Waals surface area contributed by atoms with Crippen LogP contribution < -0.4 is 5.73 Å². The van der Waals surface area contributed by atoms with Gasteiger partial charge in [0.15, 0.2) is 0 Å². The van der Waals surface area contributed by atoms with Gasteiger partial charge >= 0.3 is 0 Å². The van der Waals surface area contributed by atoms with E-state index in [0.29, 0.717) is 5.89 Å². The lowest BCUT2D eigenvalue weighted by molar-refractivity contribution is 0.0987. The van der Waals surface area contributed by atoms with Crippen LogP contribution in [0.1, 0.15) is 41.0 Å². The van der Waals surface area contributed by atoms with Gasteiger partial charge in [0, 0.05) is 28.5 Å². The largest absolute Gasteiger partial charge is 0.363 e. The van der Waals surface area contributed by atoms with Crippen LogP contribution in [0.5, 0.6) is 0 Å². The van der Waals surface area contributed by atoms with E-state index in [9.17, 15) is 9.00 Å². The molecule has 1 saturated heterocycles. The maximum absolute atomic E-state index is 11.4. The fourth-order valence-electron chi connectivity index (χ4n) is 2.79. The van der Waals surface area contributed by atoms with Gasteiger partial charge in [-0.2, -0.15) is 4.98 Å². The molecule has 0 aliphatic carbocycles. The predicted molar refractivity (Wildman–Crippen MR) is 84.0 cm³/mol. The van der Waals surface area contributed by atoms with E-state index in [0.717, 1.165) is 36.4 Å². The van der Waals surface area contributed by atoms with Crippen molar-refractivity contribution in [2.75, 3.05) is 12.8 Å². The van der Waals surface area contributed by atoms with Crippen molar-refractivity contribution < 1.29 is 13.5 Å². The summed E-state index contributed by atoms with van der Waals surface area (Å²) in [6.45, 7) is 1.65. The second kappa shape index (κ2) is 6.59. The first-order valence-electron chi connectivity index (χ1n) is 7.34. The Balaban J connectivity index is 1.73. The van der Waals surface area contributed by atoms with Gasteiger partial charge < -0.3 is 10.3 Å². The fourth-order valence-corrected chi connectivity index (χ4v) is 3.31. The van der Waals surface area contributed by atoms with Crippen LogP contribution in [0.15, 0.2) is 33.7 Å². The third-order valence-electron chi connectivity index (χ3n) is 3.95. The van der Waals surface area contributed by atoms with Crippen LogP contribution >= 0.6 is 0 Å². The van der Waals surface area contributed by atoms with Crippen LogP contribution in [-0.2, 0) is 17.3 Å². The molecule has 1 aliphatic heterocycles. The van der Waals surface area contributed by atoms with Crippen LogP contribution in [0.2, 0.25) is 0 Å². The SMILES string of the molecule is C[S@@](=O)c1ccc(CN2CCC[C@@H]2c2nc(C(N)=O)no2)cc1. The molecule has 2 heterocycles. The minimum Gasteiger partial charge on any atom is -0.363 e. The van der Waals surface area contributed by atoms with E-state index in [2.05, 4.69) is 15.0 Å². The summed E-state index contributed by atoms with van der Waals surface area (Å²) < 4.78 is 16.6. The van der Waals surface area contributed by atoms with E-state index in [4.69, 9.17) is 10.3 Å². The summed E-state index contributed by atoms with van der Waals surface area (Å²) in [6, 6.07) is 7.72. The molecule has 3 rings (SSSR count). The van der Waals surface area contributed by atoms with E-state index in [-0.39, 0.29) is 11.9 Å². The number of nitrogens with zero attached hydrogens (tertiary/aromatic N) is 3. The highest BCUT2D eigenvalue weighted by Crippen LogP contribution is 2.32.